The third-order valence-corrected chi connectivity index (χ3v) is 4.20. The first-order chi connectivity index (χ1) is 12.0. The van der Waals surface area contributed by atoms with Gasteiger partial charge in [-0.05, 0) is 30.7 Å². The topological polar surface area (TPSA) is 75.9 Å². The Morgan fingerprint density at radius 3 is 2.44 bits per heavy atom. The number of nitrogens with zero attached hydrogens (tertiary/aromatic N) is 2. The third kappa shape index (κ3) is 4.32. The van der Waals surface area contributed by atoms with Crippen LogP contribution in [0.5, 0.6) is 0 Å². The molecule has 0 spiro atoms. The van der Waals surface area contributed by atoms with Gasteiger partial charge in [0.15, 0.2) is 11.6 Å². The number of aromatic nitrogens is 2. The zero-order chi connectivity index (χ0) is 17.8. The molecule has 1 heterocycles. The number of halogens is 2. The molecule has 0 radical (unpaired) electrons. The number of benzene rings is 2. The minimum absolute atomic E-state index is 0.417. The van der Waals surface area contributed by atoms with Crippen molar-refractivity contribution in [2.24, 2.45) is 0 Å². The molecule has 0 bridgehead atoms. The molecule has 25 heavy (non-hydrogen) atoms. The van der Waals surface area contributed by atoms with E-state index in [0.717, 1.165) is 5.56 Å². The van der Waals surface area contributed by atoms with Gasteiger partial charge in [0.1, 0.15) is 12.0 Å². The van der Waals surface area contributed by atoms with Gasteiger partial charge in [-0.2, -0.15) is 0 Å². The summed E-state index contributed by atoms with van der Waals surface area (Å²) in [4.78, 5) is 8.39. The number of nitrogens with one attached hydrogen (secondary N) is 2. The first-order valence-corrected chi connectivity index (χ1v) is 8.40. The summed E-state index contributed by atoms with van der Waals surface area (Å²) in [6.07, 6.45) is 1.44. The standard InChI is InChI=1S/C18H17Cl2N5/c1-11-2-4-12(5-3-11)9-22-17-16(21)18(24-10-23-17)25-15-7-6-13(19)8-14(15)20/h2-8,10H,9,21H2,1H3,(H2,22,23,24,25). The van der Waals surface area contributed by atoms with Crippen molar-refractivity contribution in [2.75, 3.05) is 16.4 Å². The second-order valence-electron chi connectivity index (χ2n) is 5.57. The molecule has 128 valence electrons. The number of nitrogen functional groups attached to an aromatic ring is 1. The highest BCUT2D eigenvalue weighted by Crippen LogP contribution is 2.31. The molecule has 0 atom stereocenters. The molecular formula is C18H17Cl2N5. The molecule has 3 rings (SSSR count). The summed E-state index contributed by atoms with van der Waals surface area (Å²) in [6, 6.07) is 13.4. The fraction of sp³-hybridized carbons (Fsp3) is 0.111. The molecule has 0 saturated heterocycles. The highest BCUT2D eigenvalue weighted by molar-refractivity contribution is 6.36. The van der Waals surface area contributed by atoms with Crippen LogP contribution in [0.4, 0.5) is 23.0 Å². The fourth-order valence-electron chi connectivity index (χ4n) is 2.25. The first kappa shape index (κ1) is 17.3. The second-order valence-corrected chi connectivity index (χ2v) is 6.42. The van der Waals surface area contributed by atoms with Crippen molar-refractivity contribution in [1.82, 2.24) is 9.97 Å². The number of aryl methyl sites for hydroxylation is 1. The van der Waals surface area contributed by atoms with E-state index < -0.39 is 0 Å². The summed E-state index contributed by atoms with van der Waals surface area (Å²) >= 11 is 12.1. The molecular weight excluding hydrogens is 357 g/mol. The van der Waals surface area contributed by atoms with Crippen LogP contribution < -0.4 is 16.4 Å². The van der Waals surface area contributed by atoms with Crippen LogP contribution in [0.3, 0.4) is 0 Å². The summed E-state index contributed by atoms with van der Waals surface area (Å²) in [5, 5.41) is 7.38. The minimum Gasteiger partial charge on any atom is -0.393 e. The van der Waals surface area contributed by atoms with E-state index in [1.54, 1.807) is 18.2 Å². The van der Waals surface area contributed by atoms with Gasteiger partial charge >= 0.3 is 0 Å². The Balaban J connectivity index is 1.76. The van der Waals surface area contributed by atoms with E-state index in [0.29, 0.717) is 39.6 Å². The van der Waals surface area contributed by atoms with Crippen LogP contribution in [0, 0.1) is 6.92 Å². The molecule has 5 nitrogen and oxygen atoms in total. The van der Waals surface area contributed by atoms with Crippen LogP contribution in [0.15, 0.2) is 48.8 Å². The lowest BCUT2D eigenvalue weighted by Crippen LogP contribution is -2.08. The molecule has 0 saturated carbocycles. The van der Waals surface area contributed by atoms with Crippen molar-refractivity contribution in [3.05, 3.63) is 70.0 Å². The predicted octanol–water partition coefficient (Wildman–Crippen LogP) is 5.03. The van der Waals surface area contributed by atoms with Crippen molar-refractivity contribution < 1.29 is 0 Å². The van der Waals surface area contributed by atoms with Crippen molar-refractivity contribution in [1.29, 1.82) is 0 Å². The van der Waals surface area contributed by atoms with E-state index in [9.17, 15) is 0 Å². The summed E-state index contributed by atoms with van der Waals surface area (Å²) < 4.78 is 0. The van der Waals surface area contributed by atoms with Gasteiger partial charge in [0.2, 0.25) is 0 Å². The molecule has 1 aromatic heterocycles. The van der Waals surface area contributed by atoms with Crippen LogP contribution in [0.25, 0.3) is 0 Å². The molecule has 0 aliphatic heterocycles. The Bertz CT molecular complexity index is 881. The zero-order valence-corrected chi connectivity index (χ0v) is 15.1. The van der Waals surface area contributed by atoms with E-state index >= 15 is 0 Å². The molecule has 3 aromatic rings. The molecule has 0 aliphatic carbocycles. The number of hydrogen-bond donors (Lipinski definition) is 3. The lowest BCUT2D eigenvalue weighted by molar-refractivity contribution is 1.08. The highest BCUT2D eigenvalue weighted by Gasteiger charge is 2.10. The van der Waals surface area contributed by atoms with Crippen LogP contribution in [-0.4, -0.2) is 9.97 Å². The van der Waals surface area contributed by atoms with Gasteiger partial charge in [-0.15, -0.1) is 0 Å². The summed E-state index contributed by atoms with van der Waals surface area (Å²) in [5.74, 6) is 1.04. The molecule has 2 aromatic carbocycles. The van der Waals surface area contributed by atoms with Crippen LogP contribution in [0.2, 0.25) is 10.0 Å². The average Bonchev–Trinajstić information content (AvgIpc) is 2.59. The minimum atomic E-state index is 0.417. The Morgan fingerprint density at radius 2 is 1.72 bits per heavy atom. The van der Waals surface area contributed by atoms with Gasteiger partial charge in [0.25, 0.3) is 0 Å². The van der Waals surface area contributed by atoms with E-state index in [-0.39, 0.29) is 0 Å². The molecule has 0 unspecified atom stereocenters. The van der Waals surface area contributed by atoms with E-state index in [1.165, 1.54) is 11.9 Å². The van der Waals surface area contributed by atoms with Crippen molar-refractivity contribution in [3.63, 3.8) is 0 Å². The number of rotatable bonds is 5. The van der Waals surface area contributed by atoms with Crippen LogP contribution in [0.1, 0.15) is 11.1 Å². The first-order valence-electron chi connectivity index (χ1n) is 7.65. The molecule has 0 amide bonds. The Labute approximate surface area is 156 Å². The molecule has 0 aliphatic rings. The van der Waals surface area contributed by atoms with Crippen molar-refractivity contribution in [3.8, 4) is 0 Å². The number of anilines is 4. The van der Waals surface area contributed by atoms with Gasteiger partial charge in [-0.3, -0.25) is 0 Å². The van der Waals surface area contributed by atoms with Gasteiger partial charge in [-0.25, -0.2) is 9.97 Å². The quantitative estimate of drug-likeness (QED) is 0.584. The largest absolute Gasteiger partial charge is 0.393 e. The summed E-state index contributed by atoms with van der Waals surface area (Å²) in [5.41, 5.74) is 9.62. The maximum absolute atomic E-state index is 6.18. The highest BCUT2D eigenvalue weighted by atomic mass is 35.5. The van der Waals surface area contributed by atoms with Gasteiger partial charge in [-0.1, -0.05) is 53.0 Å². The Kier molecular flexibility index (Phi) is 5.26. The van der Waals surface area contributed by atoms with Gasteiger partial charge < -0.3 is 16.4 Å². The summed E-state index contributed by atoms with van der Waals surface area (Å²) in [7, 11) is 0. The van der Waals surface area contributed by atoms with E-state index in [4.69, 9.17) is 28.9 Å². The SMILES string of the molecule is Cc1ccc(CNc2ncnc(Nc3ccc(Cl)cc3Cl)c2N)cc1. The predicted molar refractivity (Wildman–Crippen MR) is 105 cm³/mol. The second kappa shape index (κ2) is 7.59. The fourth-order valence-corrected chi connectivity index (χ4v) is 2.70. The van der Waals surface area contributed by atoms with Gasteiger partial charge in [0, 0.05) is 11.6 Å². The van der Waals surface area contributed by atoms with Gasteiger partial charge in [0.05, 0.1) is 10.7 Å². The Morgan fingerprint density at radius 1 is 1.00 bits per heavy atom. The maximum atomic E-state index is 6.18. The number of hydrogen-bond acceptors (Lipinski definition) is 5. The molecule has 7 heteroatoms. The zero-order valence-electron chi connectivity index (χ0n) is 13.6. The van der Waals surface area contributed by atoms with E-state index in [1.807, 2.05) is 0 Å². The lowest BCUT2D eigenvalue weighted by Gasteiger charge is -2.13. The molecule has 0 fully saturated rings. The lowest BCUT2D eigenvalue weighted by atomic mass is 10.1. The Hall–Kier alpha value is -2.50. The summed E-state index contributed by atoms with van der Waals surface area (Å²) in [6.45, 7) is 2.67. The smallest absolute Gasteiger partial charge is 0.159 e. The monoisotopic (exact) mass is 373 g/mol. The van der Waals surface area contributed by atoms with Crippen LogP contribution in [-0.2, 0) is 6.54 Å². The third-order valence-electron chi connectivity index (χ3n) is 3.65. The van der Waals surface area contributed by atoms with Crippen LogP contribution >= 0.6 is 23.2 Å². The van der Waals surface area contributed by atoms with E-state index in [2.05, 4.69) is 51.8 Å². The van der Waals surface area contributed by atoms with Crippen molar-refractivity contribution in [2.45, 2.75) is 13.5 Å². The van der Waals surface area contributed by atoms with Crippen molar-refractivity contribution >= 4 is 46.2 Å². The normalized spacial score (nSPS) is 10.5. The maximum Gasteiger partial charge on any atom is 0.159 e. The number of nitrogens with two attached hydrogens (primary N) is 1. The molecule has 4 N–H and O–H groups in total. The average molecular weight is 374 g/mol.